The molecule has 1 aromatic heterocycles. The molecular weight excluding hydrogens is 466 g/mol. The van der Waals surface area contributed by atoms with Gasteiger partial charge in [0.05, 0.1) is 23.2 Å². The number of para-hydroxylation sites is 1. The molecule has 11 heteroatoms. The van der Waals surface area contributed by atoms with E-state index < -0.39 is 16.0 Å². The summed E-state index contributed by atoms with van der Waals surface area (Å²) in [7, 11) is -1.20. The number of hydrogen-bond acceptors (Lipinski definition) is 7. The molecule has 0 bridgehead atoms. The SMILES string of the molecule is COc1ccc(S(=O)(=O)N(C)c2c(C(=O)O)cnc3c(Br)cccc23)cc1.NO. The summed E-state index contributed by atoms with van der Waals surface area (Å²) in [4.78, 5) is 15.9. The maximum absolute atomic E-state index is 13.1. The maximum Gasteiger partial charge on any atom is 0.339 e. The Morgan fingerprint density at radius 2 is 1.79 bits per heavy atom. The van der Waals surface area contributed by atoms with E-state index in [1.165, 1.54) is 38.4 Å². The van der Waals surface area contributed by atoms with Crippen molar-refractivity contribution in [2.75, 3.05) is 18.5 Å². The summed E-state index contributed by atoms with van der Waals surface area (Å²) in [5.74, 6) is 2.75. The van der Waals surface area contributed by atoms with E-state index in [9.17, 15) is 18.3 Å². The Morgan fingerprint density at radius 1 is 1.17 bits per heavy atom. The molecule has 0 aliphatic heterocycles. The molecule has 9 nitrogen and oxygen atoms in total. The molecule has 0 unspecified atom stereocenters. The lowest BCUT2D eigenvalue weighted by Crippen LogP contribution is -2.28. The number of nitrogens with zero attached hydrogens (tertiary/aromatic N) is 2. The number of halogens is 1. The summed E-state index contributed by atoms with van der Waals surface area (Å²) in [6, 6.07) is 10.9. The molecule has 0 aliphatic rings. The van der Waals surface area contributed by atoms with Crippen molar-refractivity contribution in [1.29, 1.82) is 0 Å². The van der Waals surface area contributed by atoms with E-state index in [1.807, 2.05) is 0 Å². The molecule has 2 aromatic carbocycles. The van der Waals surface area contributed by atoms with E-state index >= 15 is 0 Å². The fraction of sp³-hybridized carbons (Fsp3) is 0.111. The lowest BCUT2D eigenvalue weighted by atomic mass is 10.1. The third-order valence-corrected chi connectivity index (χ3v) is 6.49. The summed E-state index contributed by atoms with van der Waals surface area (Å²) in [6.07, 6.45) is 1.16. The second kappa shape index (κ2) is 9.18. The quantitative estimate of drug-likeness (QED) is 0.469. The Hall–Kier alpha value is -2.73. The number of hydrogen-bond donors (Lipinski definition) is 3. The van der Waals surface area contributed by atoms with Gasteiger partial charge < -0.3 is 15.1 Å². The average Bonchev–Trinajstić information content (AvgIpc) is 2.74. The molecule has 0 radical (unpaired) electrons. The number of carboxylic acids is 1. The monoisotopic (exact) mass is 483 g/mol. The van der Waals surface area contributed by atoms with Gasteiger partial charge in [0.25, 0.3) is 10.0 Å². The molecular formula is C18H18BrN3O6S. The first-order chi connectivity index (χ1) is 13.8. The van der Waals surface area contributed by atoms with Crippen molar-refractivity contribution in [2.45, 2.75) is 4.90 Å². The Morgan fingerprint density at radius 3 is 2.34 bits per heavy atom. The number of methoxy groups -OCH3 is 1. The van der Waals surface area contributed by atoms with Gasteiger partial charge in [-0.15, -0.1) is 0 Å². The van der Waals surface area contributed by atoms with Crippen molar-refractivity contribution in [3.63, 3.8) is 0 Å². The van der Waals surface area contributed by atoms with Crippen LogP contribution in [0.3, 0.4) is 0 Å². The van der Waals surface area contributed by atoms with Gasteiger partial charge in [-0.3, -0.25) is 9.29 Å². The number of carbonyl (C=O) groups is 1. The van der Waals surface area contributed by atoms with Gasteiger partial charge >= 0.3 is 5.97 Å². The smallest absolute Gasteiger partial charge is 0.339 e. The van der Waals surface area contributed by atoms with E-state index in [0.717, 1.165) is 10.5 Å². The molecule has 4 N–H and O–H groups in total. The Bertz CT molecular complexity index is 1140. The first-order valence-corrected chi connectivity index (χ1v) is 10.2. The highest BCUT2D eigenvalue weighted by Crippen LogP contribution is 2.35. The third kappa shape index (κ3) is 4.32. The second-order valence-electron chi connectivity index (χ2n) is 5.61. The topological polar surface area (TPSA) is 143 Å². The molecule has 0 atom stereocenters. The lowest BCUT2D eigenvalue weighted by Gasteiger charge is -2.23. The van der Waals surface area contributed by atoms with E-state index in [1.54, 1.807) is 18.2 Å². The standard InChI is InChI=1S/C18H15BrN2O5S.H3NO/c1-21(27(24,25)12-8-6-11(26-2)7-9-12)17-13-4-3-5-15(19)16(13)20-10-14(17)18(22)23;1-2/h3-10H,1-2H3,(H,22,23);2H,1H2. The number of aromatic carboxylic acids is 1. The number of ether oxygens (including phenoxy) is 1. The van der Waals surface area contributed by atoms with Gasteiger partial charge in [-0.25, -0.2) is 19.1 Å². The molecule has 3 rings (SSSR count). The van der Waals surface area contributed by atoms with Crippen molar-refractivity contribution >= 4 is 48.5 Å². The van der Waals surface area contributed by atoms with Gasteiger partial charge in [0.1, 0.15) is 11.3 Å². The zero-order chi connectivity index (χ0) is 21.8. The van der Waals surface area contributed by atoms with Crippen molar-refractivity contribution in [1.82, 2.24) is 4.98 Å². The van der Waals surface area contributed by atoms with Gasteiger partial charge in [-0.2, -0.15) is 0 Å². The second-order valence-corrected chi connectivity index (χ2v) is 8.43. The molecule has 0 spiro atoms. The van der Waals surface area contributed by atoms with Crippen LogP contribution in [0.1, 0.15) is 10.4 Å². The minimum absolute atomic E-state index is 0.0158. The number of pyridine rings is 1. The van der Waals surface area contributed by atoms with Gasteiger partial charge in [0.2, 0.25) is 0 Å². The summed E-state index contributed by atoms with van der Waals surface area (Å²) in [5, 5.41) is 16.5. The molecule has 0 aliphatic carbocycles. The minimum Gasteiger partial charge on any atom is -0.497 e. The van der Waals surface area contributed by atoms with Crippen LogP contribution in [0.5, 0.6) is 5.75 Å². The highest BCUT2D eigenvalue weighted by Gasteiger charge is 2.28. The van der Waals surface area contributed by atoms with Crippen molar-refractivity contribution in [3.8, 4) is 5.75 Å². The van der Waals surface area contributed by atoms with Crippen LogP contribution in [-0.2, 0) is 10.0 Å². The van der Waals surface area contributed by atoms with Gasteiger partial charge in [-0.1, -0.05) is 12.1 Å². The zero-order valence-corrected chi connectivity index (χ0v) is 17.8. The molecule has 1 heterocycles. The number of anilines is 1. The molecule has 29 heavy (non-hydrogen) atoms. The number of carboxylic acid groups (broad SMARTS) is 1. The Labute approximate surface area is 175 Å². The molecule has 154 valence electrons. The highest BCUT2D eigenvalue weighted by atomic mass is 79.9. The van der Waals surface area contributed by atoms with Crippen LogP contribution in [0, 0.1) is 0 Å². The fourth-order valence-corrected chi connectivity index (χ4v) is 4.40. The zero-order valence-electron chi connectivity index (χ0n) is 15.4. The highest BCUT2D eigenvalue weighted by molar-refractivity contribution is 9.10. The Kier molecular flexibility index (Phi) is 7.14. The molecule has 0 amide bonds. The largest absolute Gasteiger partial charge is 0.497 e. The molecule has 0 fully saturated rings. The minimum atomic E-state index is -4.01. The summed E-state index contributed by atoms with van der Waals surface area (Å²) in [6.45, 7) is 0. The predicted octanol–water partition coefficient (Wildman–Crippen LogP) is 2.86. The molecule has 3 aromatic rings. The number of nitrogens with two attached hydrogens (primary N) is 1. The van der Waals surface area contributed by atoms with E-state index in [0.29, 0.717) is 21.1 Å². The molecule has 0 saturated carbocycles. The van der Waals surface area contributed by atoms with Crippen LogP contribution in [0.25, 0.3) is 10.9 Å². The predicted molar refractivity (Wildman–Crippen MR) is 111 cm³/mol. The number of rotatable bonds is 5. The van der Waals surface area contributed by atoms with Crippen LogP contribution in [0.2, 0.25) is 0 Å². The number of fused-ring (bicyclic) bond motifs is 1. The van der Waals surface area contributed by atoms with Crippen molar-refractivity contribution in [3.05, 3.63) is 58.7 Å². The van der Waals surface area contributed by atoms with E-state index in [-0.39, 0.29) is 16.1 Å². The van der Waals surface area contributed by atoms with Crippen molar-refractivity contribution < 1.29 is 28.3 Å². The van der Waals surface area contributed by atoms with E-state index in [2.05, 4.69) is 26.8 Å². The van der Waals surface area contributed by atoms with Crippen LogP contribution in [0.15, 0.2) is 58.0 Å². The van der Waals surface area contributed by atoms with Crippen LogP contribution >= 0.6 is 15.9 Å². The Balaban J connectivity index is 0.00000145. The summed E-state index contributed by atoms with van der Waals surface area (Å²) >= 11 is 3.36. The van der Waals surface area contributed by atoms with Crippen LogP contribution in [0.4, 0.5) is 5.69 Å². The summed E-state index contributed by atoms with van der Waals surface area (Å²) < 4.78 is 32.8. The van der Waals surface area contributed by atoms with Gasteiger partial charge in [-0.05, 0) is 46.3 Å². The maximum atomic E-state index is 13.1. The number of sulfonamides is 1. The fourth-order valence-electron chi connectivity index (χ4n) is 2.69. The number of benzene rings is 2. The van der Waals surface area contributed by atoms with E-state index in [4.69, 9.17) is 9.94 Å². The number of aromatic nitrogens is 1. The average molecular weight is 484 g/mol. The van der Waals surface area contributed by atoms with Crippen LogP contribution in [-0.4, -0.2) is 43.8 Å². The lowest BCUT2D eigenvalue weighted by molar-refractivity contribution is 0.0697. The third-order valence-electron chi connectivity index (χ3n) is 4.08. The first-order valence-electron chi connectivity index (χ1n) is 7.96. The van der Waals surface area contributed by atoms with Crippen molar-refractivity contribution in [2.24, 2.45) is 5.90 Å². The molecule has 0 saturated heterocycles. The summed E-state index contributed by atoms with van der Waals surface area (Å²) in [5.41, 5.74) is 0.305. The normalized spacial score (nSPS) is 10.8. The first kappa shape index (κ1) is 22.6. The van der Waals surface area contributed by atoms with Gasteiger partial charge in [0.15, 0.2) is 0 Å². The van der Waals surface area contributed by atoms with Crippen LogP contribution < -0.4 is 14.9 Å². The van der Waals surface area contributed by atoms with Gasteiger partial charge in [0, 0.05) is 23.1 Å².